The number of carbonyl (C=O) groups is 1. The van der Waals surface area contributed by atoms with Crippen molar-refractivity contribution in [3.8, 4) is 0 Å². The van der Waals surface area contributed by atoms with Crippen LogP contribution in [0.5, 0.6) is 0 Å². The molecule has 0 bridgehead atoms. The van der Waals surface area contributed by atoms with Crippen LogP contribution >= 0.6 is 11.8 Å². The third-order valence-electron chi connectivity index (χ3n) is 3.19. The lowest BCUT2D eigenvalue weighted by Crippen LogP contribution is -2.28. The van der Waals surface area contributed by atoms with Crippen molar-refractivity contribution in [2.24, 2.45) is 0 Å². The molecule has 1 heterocycles. The van der Waals surface area contributed by atoms with Gasteiger partial charge >= 0.3 is 0 Å². The average molecular weight is 316 g/mol. The van der Waals surface area contributed by atoms with Gasteiger partial charge in [0.1, 0.15) is 0 Å². The van der Waals surface area contributed by atoms with Gasteiger partial charge in [-0.15, -0.1) is 11.8 Å². The van der Waals surface area contributed by atoms with Crippen molar-refractivity contribution in [3.63, 3.8) is 0 Å². The minimum absolute atomic E-state index is 0.00335. The summed E-state index contributed by atoms with van der Waals surface area (Å²) in [6, 6.07) is 9.98. The largest absolute Gasteiger partial charge is 0.354 e. The molecule has 2 N–H and O–H groups in total. The van der Waals surface area contributed by atoms with E-state index in [0.29, 0.717) is 18.9 Å². The van der Waals surface area contributed by atoms with Crippen LogP contribution in [0.15, 0.2) is 47.6 Å². The van der Waals surface area contributed by atoms with Crippen molar-refractivity contribution in [2.45, 2.75) is 24.3 Å². The first kappa shape index (κ1) is 16.3. The topological polar surface area (TPSA) is 66.9 Å². The van der Waals surface area contributed by atoms with E-state index in [2.05, 4.69) is 32.7 Å². The van der Waals surface area contributed by atoms with E-state index in [0.717, 1.165) is 5.56 Å². The number of amides is 1. The second kappa shape index (κ2) is 8.38. The molecule has 0 aliphatic heterocycles. The van der Waals surface area contributed by atoms with Crippen LogP contribution in [0.25, 0.3) is 0 Å². The van der Waals surface area contributed by atoms with Gasteiger partial charge in [-0.3, -0.25) is 4.79 Å². The van der Waals surface area contributed by atoms with Crippen LogP contribution in [-0.4, -0.2) is 28.7 Å². The molecular formula is C16H20N4OS. The molecule has 1 amide bonds. The molecule has 0 saturated heterocycles. The summed E-state index contributed by atoms with van der Waals surface area (Å²) in [5.74, 6) is 0.542. The van der Waals surface area contributed by atoms with Gasteiger partial charge in [-0.2, -0.15) is 0 Å². The number of benzene rings is 1. The van der Waals surface area contributed by atoms with E-state index in [1.54, 1.807) is 30.2 Å². The van der Waals surface area contributed by atoms with Gasteiger partial charge in [0.15, 0.2) is 0 Å². The van der Waals surface area contributed by atoms with Crippen LogP contribution in [0.4, 0.5) is 5.95 Å². The Morgan fingerprint density at radius 1 is 1.23 bits per heavy atom. The molecule has 0 aliphatic carbocycles. The highest BCUT2D eigenvalue weighted by molar-refractivity contribution is 7.98. The zero-order chi connectivity index (χ0) is 15.8. The number of nitrogens with zero attached hydrogens (tertiary/aromatic N) is 2. The number of hydrogen-bond donors (Lipinski definition) is 2. The predicted octanol–water partition coefficient (Wildman–Crippen LogP) is 2.88. The fourth-order valence-electron chi connectivity index (χ4n) is 1.97. The fraction of sp³-hybridized carbons (Fsp3) is 0.312. The number of nitrogens with one attached hydrogen (secondary N) is 2. The Morgan fingerprint density at radius 3 is 2.55 bits per heavy atom. The molecule has 2 rings (SSSR count). The summed E-state index contributed by atoms with van der Waals surface area (Å²) in [5.41, 5.74) is 1.10. The quantitative estimate of drug-likeness (QED) is 0.769. The molecule has 0 saturated carbocycles. The Morgan fingerprint density at radius 2 is 1.91 bits per heavy atom. The number of anilines is 1. The number of thioether (sulfide) groups is 1. The van der Waals surface area contributed by atoms with Gasteiger partial charge in [-0.1, -0.05) is 12.1 Å². The second-order valence-electron chi connectivity index (χ2n) is 4.81. The fourth-order valence-corrected chi connectivity index (χ4v) is 2.38. The summed E-state index contributed by atoms with van der Waals surface area (Å²) in [6.45, 7) is 2.49. The maximum Gasteiger partial charge on any atom is 0.222 e. The van der Waals surface area contributed by atoms with Crippen LogP contribution in [0.1, 0.15) is 24.9 Å². The molecular weight excluding hydrogens is 296 g/mol. The second-order valence-corrected chi connectivity index (χ2v) is 5.69. The lowest BCUT2D eigenvalue weighted by Gasteiger charge is -2.15. The van der Waals surface area contributed by atoms with Crippen LogP contribution < -0.4 is 10.6 Å². The Labute approximate surface area is 135 Å². The molecule has 0 unspecified atom stereocenters. The average Bonchev–Trinajstić information content (AvgIpc) is 2.56. The van der Waals surface area contributed by atoms with E-state index in [-0.39, 0.29) is 11.9 Å². The first-order valence-electron chi connectivity index (χ1n) is 7.13. The lowest BCUT2D eigenvalue weighted by atomic mass is 10.1. The van der Waals surface area contributed by atoms with Crippen molar-refractivity contribution < 1.29 is 4.79 Å². The van der Waals surface area contributed by atoms with Gasteiger partial charge in [-0.25, -0.2) is 9.97 Å². The lowest BCUT2D eigenvalue weighted by molar-refractivity contribution is -0.121. The predicted molar refractivity (Wildman–Crippen MR) is 89.9 cm³/mol. The SMILES string of the molecule is CSc1ccc([C@@H](C)NC(=O)CCNc2ncccn2)cc1. The van der Waals surface area contributed by atoms with Crippen LogP contribution in [0.3, 0.4) is 0 Å². The van der Waals surface area contributed by atoms with Gasteiger partial charge in [0.05, 0.1) is 6.04 Å². The van der Waals surface area contributed by atoms with E-state index >= 15 is 0 Å². The third-order valence-corrected chi connectivity index (χ3v) is 3.94. The monoisotopic (exact) mass is 316 g/mol. The van der Waals surface area contributed by atoms with Gasteiger partial charge in [0, 0.05) is 30.3 Å². The summed E-state index contributed by atoms with van der Waals surface area (Å²) in [6.07, 6.45) is 5.75. The molecule has 5 nitrogen and oxygen atoms in total. The molecule has 0 radical (unpaired) electrons. The highest BCUT2D eigenvalue weighted by atomic mass is 32.2. The standard InChI is InChI=1S/C16H20N4OS/c1-12(13-4-6-14(22-2)7-5-13)20-15(21)8-11-19-16-17-9-3-10-18-16/h3-7,9-10,12H,8,11H2,1-2H3,(H,20,21)(H,17,18,19)/t12-/m1/s1. The molecule has 1 atom stereocenters. The van der Waals surface area contributed by atoms with Crippen molar-refractivity contribution in [1.29, 1.82) is 0 Å². The smallest absolute Gasteiger partial charge is 0.222 e. The maximum atomic E-state index is 11.9. The van der Waals surface area contributed by atoms with Gasteiger partial charge in [0.25, 0.3) is 0 Å². The van der Waals surface area contributed by atoms with Crippen molar-refractivity contribution in [1.82, 2.24) is 15.3 Å². The molecule has 22 heavy (non-hydrogen) atoms. The maximum absolute atomic E-state index is 11.9. The van der Waals surface area contributed by atoms with E-state index < -0.39 is 0 Å². The molecule has 0 aliphatic rings. The molecule has 2 aromatic rings. The van der Waals surface area contributed by atoms with Crippen molar-refractivity contribution in [2.75, 3.05) is 18.1 Å². The van der Waals surface area contributed by atoms with E-state index in [1.165, 1.54) is 4.90 Å². The molecule has 6 heteroatoms. The zero-order valence-electron chi connectivity index (χ0n) is 12.7. The van der Waals surface area contributed by atoms with Crippen LogP contribution in [0.2, 0.25) is 0 Å². The van der Waals surface area contributed by atoms with Crippen molar-refractivity contribution in [3.05, 3.63) is 48.3 Å². The summed E-state index contributed by atoms with van der Waals surface area (Å²) in [4.78, 5) is 21.3. The number of rotatable bonds is 7. The number of aromatic nitrogens is 2. The number of carbonyl (C=O) groups excluding carboxylic acids is 1. The van der Waals surface area contributed by atoms with E-state index in [9.17, 15) is 4.79 Å². The molecule has 0 fully saturated rings. The minimum Gasteiger partial charge on any atom is -0.354 e. The third kappa shape index (κ3) is 5.04. The van der Waals surface area contributed by atoms with Crippen LogP contribution in [-0.2, 0) is 4.79 Å². The molecule has 116 valence electrons. The first-order chi connectivity index (χ1) is 10.7. The molecule has 1 aromatic carbocycles. The summed E-state index contributed by atoms with van der Waals surface area (Å²) in [5, 5.41) is 6.01. The Balaban J connectivity index is 1.76. The summed E-state index contributed by atoms with van der Waals surface area (Å²) in [7, 11) is 0. The normalized spacial score (nSPS) is 11.7. The van der Waals surface area contributed by atoms with Gasteiger partial charge in [0.2, 0.25) is 11.9 Å². The van der Waals surface area contributed by atoms with Gasteiger partial charge < -0.3 is 10.6 Å². The highest BCUT2D eigenvalue weighted by Gasteiger charge is 2.09. The van der Waals surface area contributed by atoms with E-state index in [1.807, 2.05) is 25.3 Å². The van der Waals surface area contributed by atoms with E-state index in [4.69, 9.17) is 0 Å². The van der Waals surface area contributed by atoms with Gasteiger partial charge in [-0.05, 0) is 36.9 Å². The highest BCUT2D eigenvalue weighted by Crippen LogP contribution is 2.18. The Hall–Kier alpha value is -2.08. The number of hydrogen-bond acceptors (Lipinski definition) is 5. The summed E-state index contributed by atoms with van der Waals surface area (Å²) < 4.78 is 0. The first-order valence-corrected chi connectivity index (χ1v) is 8.35. The molecule has 1 aromatic heterocycles. The minimum atomic E-state index is -0.00335. The van der Waals surface area contributed by atoms with Crippen LogP contribution in [0, 0.1) is 0 Å². The zero-order valence-corrected chi connectivity index (χ0v) is 13.6. The molecule has 0 spiro atoms. The Kier molecular flexibility index (Phi) is 6.21. The Bertz CT molecular complexity index is 589. The summed E-state index contributed by atoms with van der Waals surface area (Å²) >= 11 is 1.70. The van der Waals surface area contributed by atoms with Crippen molar-refractivity contribution >= 4 is 23.6 Å².